The first-order chi connectivity index (χ1) is 4.68. The van der Waals surface area contributed by atoms with Crippen LogP contribution in [0, 0.1) is 0 Å². The topological polar surface area (TPSA) is 40.5 Å². The zero-order valence-corrected chi connectivity index (χ0v) is 6.51. The van der Waals surface area contributed by atoms with Crippen molar-refractivity contribution in [3.05, 3.63) is 12.1 Å². The molecule has 0 aliphatic carbocycles. The van der Waals surface area contributed by atoms with Crippen molar-refractivity contribution in [3.63, 3.8) is 0 Å². The van der Waals surface area contributed by atoms with E-state index in [1.807, 2.05) is 0 Å². The lowest BCUT2D eigenvalue weighted by Gasteiger charge is -2.01. The number of hydrogen-bond donors (Lipinski definition) is 2. The SMILES string of the molecule is C=C(CCCCC)B(O)O. The van der Waals surface area contributed by atoms with Gasteiger partial charge >= 0.3 is 7.12 Å². The Hall–Kier alpha value is -0.275. The Morgan fingerprint density at radius 1 is 1.40 bits per heavy atom. The van der Waals surface area contributed by atoms with Crippen LogP contribution in [0.2, 0.25) is 0 Å². The summed E-state index contributed by atoms with van der Waals surface area (Å²) in [6, 6.07) is 0. The summed E-state index contributed by atoms with van der Waals surface area (Å²) >= 11 is 0. The maximum Gasteiger partial charge on any atom is 0.483 e. The first-order valence-electron chi connectivity index (χ1n) is 3.72. The van der Waals surface area contributed by atoms with E-state index >= 15 is 0 Å². The van der Waals surface area contributed by atoms with E-state index in [0.717, 1.165) is 25.7 Å². The molecule has 10 heavy (non-hydrogen) atoms. The molecular formula is C7H15BO2. The lowest BCUT2D eigenvalue weighted by atomic mass is 9.78. The summed E-state index contributed by atoms with van der Waals surface area (Å²) < 4.78 is 0. The Kier molecular flexibility index (Phi) is 5.35. The molecule has 0 bridgehead atoms. The van der Waals surface area contributed by atoms with Gasteiger partial charge in [-0.15, -0.1) is 6.58 Å². The fourth-order valence-corrected chi connectivity index (χ4v) is 0.731. The van der Waals surface area contributed by atoms with Crippen molar-refractivity contribution < 1.29 is 10.0 Å². The summed E-state index contributed by atoms with van der Waals surface area (Å²) in [7, 11) is -1.32. The fourth-order valence-electron chi connectivity index (χ4n) is 0.731. The maximum absolute atomic E-state index is 8.58. The molecule has 0 atom stereocenters. The van der Waals surface area contributed by atoms with E-state index in [4.69, 9.17) is 10.0 Å². The van der Waals surface area contributed by atoms with Crippen LogP contribution in [0.4, 0.5) is 0 Å². The first kappa shape index (κ1) is 9.72. The third-order valence-corrected chi connectivity index (χ3v) is 1.47. The van der Waals surface area contributed by atoms with Crippen molar-refractivity contribution in [2.75, 3.05) is 0 Å². The monoisotopic (exact) mass is 142 g/mol. The molecule has 0 spiro atoms. The Morgan fingerprint density at radius 3 is 2.40 bits per heavy atom. The van der Waals surface area contributed by atoms with Crippen LogP contribution < -0.4 is 0 Å². The molecule has 0 fully saturated rings. The summed E-state index contributed by atoms with van der Waals surface area (Å²) in [6.07, 6.45) is 4.01. The number of rotatable bonds is 5. The van der Waals surface area contributed by atoms with E-state index in [1.54, 1.807) is 0 Å². The third-order valence-electron chi connectivity index (χ3n) is 1.47. The molecule has 0 aromatic carbocycles. The zero-order valence-electron chi connectivity index (χ0n) is 6.51. The molecule has 0 saturated heterocycles. The summed E-state index contributed by atoms with van der Waals surface area (Å²) in [4.78, 5) is 0. The van der Waals surface area contributed by atoms with Gasteiger partial charge in [-0.05, 0) is 11.9 Å². The van der Waals surface area contributed by atoms with Gasteiger partial charge in [0.05, 0.1) is 0 Å². The van der Waals surface area contributed by atoms with E-state index in [-0.39, 0.29) is 0 Å². The van der Waals surface area contributed by atoms with E-state index in [1.165, 1.54) is 0 Å². The maximum atomic E-state index is 8.58. The molecule has 0 aromatic heterocycles. The van der Waals surface area contributed by atoms with Gasteiger partial charge in [0.1, 0.15) is 0 Å². The highest BCUT2D eigenvalue weighted by molar-refractivity contribution is 6.50. The van der Waals surface area contributed by atoms with Crippen LogP contribution in [-0.2, 0) is 0 Å². The van der Waals surface area contributed by atoms with Gasteiger partial charge in [0.25, 0.3) is 0 Å². The van der Waals surface area contributed by atoms with Gasteiger partial charge in [-0.3, -0.25) is 0 Å². The van der Waals surface area contributed by atoms with Gasteiger partial charge in [0, 0.05) is 0 Å². The fraction of sp³-hybridized carbons (Fsp3) is 0.714. The molecule has 58 valence electrons. The molecule has 0 unspecified atom stereocenters. The third kappa shape index (κ3) is 4.59. The minimum atomic E-state index is -1.32. The van der Waals surface area contributed by atoms with Crippen LogP contribution in [0.25, 0.3) is 0 Å². The average Bonchev–Trinajstić information content (AvgIpc) is 1.88. The highest BCUT2D eigenvalue weighted by atomic mass is 16.4. The second-order valence-electron chi connectivity index (χ2n) is 2.49. The van der Waals surface area contributed by atoms with Crippen molar-refractivity contribution in [2.45, 2.75) is 32.6 Å². The first-order valence-corrected chi connectivity index (χ1v) is 3.72. The van der Waals surface area contributed by atoms with Gasteiger partial charge in [-0.1, -0.05) is 26.2 Å². The zero-order chi connectivity index (χ0) is 7.98. The molecule has 0 radical (unpaired) electrons. The van der Waals surface area contributed by atoms with Gasteiger partial charge in [-0.25, -0.2) is 0 Å². The van der Waals surface area contributed by atoms with E-state index < -0.39 is 7.12 Å². The van der Waals surface area contributed by atoms with E-state index in [0.29, 0.717) is 5.47 Å². The number of unbranched alkanes of at least 4 members (excludes halogenated alkanes) is 2. The van der Waals surface area contributed by atoms with Crippen LogP contribution in [0.3, 0.4) is 0 Å². The van der Waals surface area contributed by atoms with Crippen LogP contribution in [0.15, 0.2) is 12.1 Å². The lowest BCUT2D eigenvalue weighted by Crippen LogP contribution is -2.14. The highest BCUT2D eigenvalue weighted by Gasteiger charge is 2.10. The second-order valence-corrected chi connectivity index (χ2v) is 2.49. The molecule has 0 aliphatic rings. The lowest BCUT2D eigenvalue weighted by molar-refractivity contribution is 0.416. The Morgan fingerprint density at radius 2 is 2.00 bits per heavy atom. The summed E-state index contributed by atoms with van der Waals surface area (Å²) in [5.74, 6) is 0. The van der Waals surface area contributed by atoms with E-state index in [2.05, 4.69) is 13.5 Å². The minimum Gasteiger partial charge on any atom is -0.423 e. The van der Waals surface area contributed by atoms with Crippen LogP contribution in [0.5, 0.6) is 0 Å². The van der Waals surface area contributed by atoms with Crippen molar-refractivity contribution in [3.8, 4) is 0 Å². The van der Waals surface area contributed by atoms with E-state index in [9.17, 15) is 0 Å². The Labute approximate surface area is 62.7 Å². The molecular weight excluding hydrogens is 127 g/mol. The van der Waals surface area contributed by atoms with Gasteiger partial charge in [0.2, 0.25) is 0 Å². The predicted octanol–water partition coefficient (Wildman–Crippen LogP) is 1.13. The van der Waals surface area contributed by atoms with Crippen LogP contribution >= 0.6 is 0 Å². The van der Waals surface area contributed by atoms with Gasteiger partial charge in [-0.2, -0.15) is 0 Å². The highest BCUT2D eigenvalue weighted by Crippen LogP contribution is 2.06. The minimum absolute atomic E-state index is 0.522. The van der Waals surface area contributed by atoms with Gasteiger partial charge in [0.15, 0.2) is 0 Å². The molecule has 0 amide bonds. The summed E-state index contributed by atoms with van der Waals surface area (Å²) in [5, 5.41) is 17.2. The molecule has 2 nitrogen and oxygen atoms in total. The smallest absolute Gasteiger partial charge is 0.423 e. The second kappa shape index (κ2) is 5.51. The van der Waals surface area contributed by atoms with Crippen molar-refractivity contribution in [1.29, 1.82) is 0 Å². The molecule has 0 aliphatic heterocycles. The van der Waals surface area contributed by atoms with Crippen LogP contribution in [-0.4, -0.2) is 17.2 Å². The number of allylic oxidation sites excluding steroid dienone is 1. The predicted molar refractivity (Wildman–Crippen MR) is 43.5 cm³/mol. The van der Waals surface area contributed by atoms with Crippen molar-refractivity contribution >= 4 is 7.12 Å². The standard InChI is InChI=1S/C7H15BO2/c1-3-4-5-6-7(2)8(9)10/h9-10H,2-6H2,1H3. The van der Waals surface area contributed by atoms with Crippen LogP contribution in [0.1, 0.15) is 32.6 Å². The quantitative estimate of drug-likeness (QED) is 0.446. The average molecular weight is 142 g/mol. The Bertz CT molecular complexity index is 102. The van der Waals surface area contributed by atoms with Crippen molar-refractivity contribution in [1.82, 2.24) is 0 Å². The van der Waals surface area contributed by atoms with Crippen molar-refractivity contribution in [2.24, 2.45) is 0 Å². The molecule has 2 N–H and O–H groups in total. The largest absolute Gasteiger partial charge is 0.483 e. The summed E-state index contributed by atoms with van der Waals surface area (Å²) in [5.41, 5.74) is 0.522. The van der Waals surface area contributed by atoms with Gasteiger partial charge < -0.3 is 10.0 Å². The summed E-state index contributed by atoms with van der Waals surface area (Å²) in [6.45, 7) is 5.64. The molecule has 3 heteroatoms. The molecule has 0 saturated carbocycles. The normalized spacial score (nSPS) is 9.50. The molecule has 0 aromatic rings. The number of hydrogen-bond acceptors (Lipinski definition) is 2. The molecule has 0 heterocycles. The Balaban J connectivity index is 3.22. The molecule has 0 rings (SSSR count).